The van der Waals surface area contributed by atoms with Gasteiger partial charge in [-0.1, -0.05) is 59.7 Å². The van der Waals surface area contributed by atoms with Crippen molar-refractivity contribution in [3.63, 3.8) is 0 Å². The van der Waals surface area contributed by atoms with Gasteiger partial charge in [-0.2, -0.15) is 0 Å². The van der Waals surface area contributed by atoms with Crippen molar-refractivity contribution in [1.29, 1.82) is 0 Å². The lowest BCUT2D eigenvalue weighted by Crippen LogP contribution is -2.14. The number of benzene rings is 2. The largest absolute Gasteiger partial charge is 0.469 e. The minimum atomic E-state index is -0.434. The number of rotatable bonds is 9. The van der Waals surface area contributed by atoms with E-state index in [4.69, 9.17) is 9.47 Å². The molecule has 0 saturated carbocycles. The maximum atomic E-state index is 12.3. The lowest BCUT2D eigenvalue weighted by atomic mass is 10.0. The third kappa shape index (κ3) is 7.26. The lowest BCUT2D eigenvalue weighted by Gasteiger charge is -2.18. The molecule has 1 unspecified atom stereocenters. The number of methoxy groups -OCH3 is 1. The fraction of sp³-hybridized carbons (Fsp3) is 0.391. The number of carbonyl (C=O) groups is 2. The number of carbonyl (C=O) groups excluding carboxylic acids is 2. The Morgan fingerprint density at radius 1 is 0.852 bits per heavy atom. The molecule has 1 atom stereocenters. The summed E-state index contributed by atoms with van der Waals surface area (Å²) in [7, 11) is 1.36. The molecule has 2 aromatic carbocycles. The zero-order chi connectivity index (χ0) is 19.6. The van der Waals surface area contributed by atoms with Crippen molar-refractivity contribution in [3.8, 4) is 0 Å². The second kappa shape index (κ2) is 10.5. The summed E-state index contributed by atoms with van der Waals surface area (Å²) in [5, 5.41) is 0. The normalized spacial score (nSPS) is 11.7. The molecular weight excluding hydrogens is 340 g/mol. The first-order chi connectivity index (χ1) is 13.0. The number of ether oxygens (including phenoxy) is 2. The van der Waals surface area contributed by atoms with Crippen molar-refractivity contribution in [2.24, 2.45) is 0 Å². The van der Waals surface area contributed by atoms with E-state index < -0.39 is 6.10 Å². The van der Waals surface area contributed by atoms with E-state index in [9.17, 15) is 9.59 Å². The van der Waals surface area contributed by atoms with Crippen LogP contribution in [-0.2, 0) is 25.5 Å². The molecule has 0 saturated heterocycles. The highest BCUT2D eigenvalue weighted by Crippen LogP contribution is 2.24. The van der Waals surface area contributed by atoms with Gasteiger partial charge in [0, 0.05) is 12.8 Å². The molecule has 0 aliphatic rings. The monoisotopic (exact) mass is 368 g/mol. The van der Waals surface area contributed by atoms with E-state index in [2.05, 4.69) is 31.2 Å². The summed E-state index contributed by atoms with van der Waals surface area (Å²) >= 11 is 0. The van der Waals surface area contributed by atoms with Gasteiger partial charge in [0.05, 0.1) is 7.11 Å². The first-order valence-electron chi connectivity index (χ1n) is 9.36. The standard InChI is InChI=1S/C23H28O4/c1-17-7-11-19(12-8-17)5-4-6-23(25)27-21(15-16-22(24)26-3)20-13-9-18(2)10-14-20/h7-14,21H,4-6,15-16H2,1-3H3. The second-order valence-corrected chi connectivity index (χ2v) is 6.84. The smallest absolute Gasteiger partial charge is 0.306 e. The van der Waals surface area contributed by atoms with Gasteiger partial charge < -0.3 is 9.47 Å². The summed E-state index contributed by atoms with van der Waals surface area (Å²) in [5.41, 5.74) is 4.48. The quantitative estimate of drug-likeness (QED) is 0.593. The molecule has 0 bridgehead atoms. The summed E-state index contributed by atoms with van der Waals surface area (Å²) in [6.07, 6.45) is 2.13. The van der Waals surface area contributed by atoms with E-state index in [1.807, 2.05) is 31.2 Å². The Labute approximate surface area is 161 Å². The van der Waals surface area contributed by atoms with Crippen LogP contribution in [0.3, 0.4) is 0 Å². The molecule has 0 aromatic heterocycles. The Hall–Kier alpha value is -2.62. The maximum Gasteiger partial charge on any atom is 0.306 e. The highest BCUT2D eigenvalue weighted by Gasteiger charge is 2.18. The van der Waals surface area contributed by atoms with E-state index >= 15 is 0 Å². The molecule has 0 fully saturated rings. The van der Waals surface area contributed by atoms with Crippen molar-refractivity contribution in [2.75, 3.05) is 7.11 Å². The first kappa shape index (κ1) is 20.7. The van der Waals surface area contributed by atoms with Crippen LogP contribution >= 0.6 is 0 Å². The van der Waals surface area contributed by atoms with Gasteiger partial charge in [0.15, 0.2) is 0 Å². The van der Waals surface area contributed by atoms with Crippen LogP contribution < -0.4 is 0 Å². The van der Waals surface area contributed by atoms with Crippen molar-refractivity contribution in [1.82, 2.24) is 0 Å². The Morgan fingerprint density at radius 3 is 2.04 bits per heavy atom. The van der Waals surface area contributed by atoms with Crippen molar-refractivity contribution < 1.29 is 19.1 Å². The number of hydrogen-bond acceptors (Lipinski definition) is 4. The third-order valence-electron chi connectivity index (χ3n) is 4.53. The first-order valence-corrected chi connectivity index (χ1v) is 9.36. The molecule has 144 valence electrons. The van der Waals surface area contributed by atoms with E-state index in [1.54, 1.807) is 0 Å². The summed E-state index contributed by atoms with van der Waals surface area (Å²) < 4.78 is 10.4. The van der Waals surface area contributed by atoms with Gasteiger partial charge in [-0.3, -0.25) is 9.59 Å². The number of esters is 2. The SMILES string of the molecule is COC(=O)CCC(OC(=O)CCCc1ccc(C)cc1)c1ccc(C)cc1. The minimum absolute atomic E-state index is 0.214. The Morgan fingerprint density at radius 2 is 1.44 bits per heavy atom. The van der Waals surface area contributed by atoms with Crippen LogP contribution in [0.5, 0.6) is 0 Å². The van der Waals surface area contributed by atoms with Crippen molar-refractivity contribution in [3.05, 3.63) is 70.8 Å². The van der Waals surface area contributed by atoms with Gasteiger partial charge in [0.25, 0.3) is 0 Å². The van der Waals surface area contributed by atoms with Gasteiger partial charge in [0.1, 0.15) is 6.10 Å². The molecule has 2 rings (SSSR count). The van der Waals surface area contributed by atoms with Gasteiger partial charge in [-0.25, -0.2) is 0 Å². The number of aryl methyl sites for hydroxylation is 3. The zero-order valence-corrected chi connectivity index (χ0v) is 16.4. The van der Waals surface area contributed by atoms with Crippen LogP contribution in [0.2, 0.25) is 0 Å². The summed E-state index contributed by atoms with van der Waals surface area (Å²) in [6, 6.07) is 16.2. The minimum Gasteiger partial charge on any atom is -0.469 e. The van der Waals surface area contributed by atoms with Gasteiger partial charge >= 0.3 is 11.9 Å². The number of hydrogen-bond donors (Lipinski definition) is 0. The second-order valence-electron chi connectivity index (χ2n) is 6.84. The van der Waals surface area contributed by atoms with Crippen LogP contribution in [-0.4, -0.2) is 19.0 Å². The lowest BCUT2D eigenvalue weighted by molar-refractivity contribution is -0.152. The van der Waals surface area contributed by atoms with Gasteiger partial charge in [-0.15, -0.1) is 0 Å². The average Bonchev–Trinajstić information content (AvgIpc) is 2.67. The predicted octanol–water partition coefficient (Wildman–Crippen LogP) is 4.86. The average molecular weight is 368 g/mol. The molecule has 4 nitrogen and oxygen atoms in total. The van der Waals surface area contributed by atoms with Crippen LogP contribution in [0.25, 0.3) is 0 Å². The van der Waals surface area contributed by atoms with Gasteiger partial charge in [-0.05, 0) is 44.2 Å². The molecule has 0 aliphatic carbocycles. The Bertz CT molecular complexity index is 732. The molecule has 0 N–H and O–H groups in total. The fourth-order valence-corrected chi connectivity index (χ4v) is 2.83. The van der Waals surface area contributed by atoms with Crippen LogP contribution in [0, 0.1) is 13.8 Å². The Balaban J connectivity index is 1.90. The molecule has 0 heterocycles. The predicted molar refractivity (Wildman–Crippen MR) is 105 cm³/mol. The van der Waals surface area contributed by atoms with E-state index in [0.717, 1.165) is 24.0 Å². The zero-order valence-electron chi connectivity index (χ0n) is 16.4. The van der Waals surface area contributed by atoms with Crippen LogP contribution in [0.15, 0.2) is 48.5 Å². The molecule has 27 heavy (non-hydrogen) atoms. The van der Waals surface area contributed by atoms with Crippen molar-refractivity contribution >= 4 is 11.9 Å². The van der Waals surface area contributed by atoms with E-state index in [-0.39, 0.29) is 18.4 Å². The molecule has 4 heteroatoms. The highest BCUT2D eigenvalue weighted by molar-refractivity contribution is 5.70. The Kier molecular flexibility index (Phi) is 8.05. The summed E-state index contributed by atoms with van der Waals surface area (Å²) in [4.78, 5) is 23.8. The molecule has 0 amide bonds. The molecule has 0 aliphatic heterocycles. The summed E-state index contributed by atoms with van der Waals surface area (Å²) in [6.45, 7) is 4.06. The highest BCUT2D eigenvalue weighted by atomic mass is 16.5. The topological polar surface area (TPSA) is 52.6 Å². The molecule has 0 radical (unpaired) electrons. The van der Waals surface area contributed by atoms with Crippen molar-refractivity contribution in [2.45, 2.75) is 52.1 Å². The molecule has 0 spiro atoms. The van der Waals surface area contributed by atoms with E-state index in [1.165, 1.54) is 18.2 Å². The molecular formula is C23H28O4. The molecule has 2 aromatic rings. The van der Waals surface area contributed by atoms with Crippen LogP contribution in [0.1, 0.15) is 54.0 Å². The third-order valence-corrected chi connectivity index (χ3v) is 4.53. The summed E-state index contributed by atoms with van der Waals surface area (Å²) in [5.74, 6) is -0.542. The van der Waals surface area contributed by atoms with Crippen LogP contribution in [0.4, 0.5) is 0 Å². The fourth-order valence-electron chi connectivity index (χ4n) is 2.83. The van der Waals surface area contributed by atoms with E-state index in [0.29, 0.717) is 12.8 Å². The maximum absolute atomic E-state index is 12.3. The van der Waals surface area contributed by atoms with Gasteiger partial charge in [0.2, 0.25) is 0 Å².